The summed E-state index contributed by atoms with van der Waals surface area (Å²) in [5.41, 5.74) is 9.58. The molecule has 1 aliphatic rings. The van der Waals surface area contributed by atoms with Crippen molar-refractivity contribution in [3.8, 4) is 5.75 Å². The monoisotopic (exact) mass is 281 g/mol. The lowest BCUT2D eigenvalue weighted by atomic mass is 9.95. The van der Waals surface area contributed by atoms with Crippen LogP contribution in [0.4, 0.5) is 5.69 Å². The molecular formula is C18H19NO2. The topological polar surface area (TPSA) is 52.3 Å². The van der Waals surface area contributed by atoms with Gasteiger partial charge in [-0.15, -0.1) is 0 Å². The number of nitrogen functional groups attached to an aromatic ring is 1. The molecule has 2 N–H and O–H groups in total. The number of carbonyl (C=O) groups excluding carboxylic acids is 1. The van der Waals surface area contributed by atoms with Crippen LogP contribution >= 0.6 is 0 Å². The first-order valence-corrected chi connectivity index (χ1v) is 7.08. The number of rotatable bonds is 2. The van der Waals surface area contributed by atoms with Gasteiger partial charge in [-0.2, -0.15) is 0 Å². The summed E-state index contributed by atoms with van der Waals surface area (Å²) in [7, 11) is 0. The summed E-state index contributed by atoms with van der Waals surface area (Å²) in [6, 6.07) is 11.1. The van der Waals surface area contributed by atoms with Gasteiger partial charge in [-0.25, -0.2) is 0 Å². The predicted octanol–water partition coefficient (Wildman–Crippen LogP) is 3.52. The van der Waals surface area contributed by atoms with E-state index in [0.29, 0.717) is 16.8 Å². The highest BCUT2D eigenvalue weighted by molar-refractivity contribution is 6.10. The summed E-state index contributed by atoms with van der Waals surface area (Å²) in [6.07, 6.45) is 0.819. The number of fused-ring (bicyclic) bond motifs is 1. The zero-order valence-corrected chi connectivity index (χ0v) is 12.6. The fourth-order valence-corrected chi connectivity index (χ4v) is 2.79. The first kappa shape index (κ1) is 13.7. The maximum Gasteiger partial charge on any atom is 0.193 e. The quantitative estimate of drug-likeness (QED) is 0.677. The number of carbonyl (C=O) groups is 1. The fourth-order valence-electron chi connectivity index (χ4n) is 2.79. The summed E-state index contributed by atoms with van der Waals surface area (Å²) in [5, 5.41) is 0. The fraction of sp³-hybridized carbons (Fsp3) is 0.278. The molecule has 21 heavy (non-hydrogen) atoms. The summed E-state index contributed by atoms with van der Waals surface area (Å²) >= 11 is 0. The summed E-state index contributed by atoms with van der Waals surface area (Å²) < 4.78 is 5.85. The Balaban J connectivity index is 1.99. The molecule has 0 aliphatic carbocycles. The molecule has 0 unspecified atom stereocenters. The van der Waals surface area contributed by atoms with E-state index in [9.17, 15) is 4.79 Å². The minimum atomic E-state index is -0.197. The van der Waals surface area contributed by atoms with Crippen molar-refractivity contribution in [2.45, 2.75) is 32.8 Å². The number of aryl methyl sites for hydroxylation is 1. The van der Waals surface area contributed by atoms with Crippen LogP contribution in [-0.4, -0.2) is 11.4 Å². The van der Waals surface area contributed by atoms with Gasteiger partial charge in [-0.3, -0.25) is 4.79 Å². The number of ether oxygens (including phenoxy) is 1. The average Bonchev–Trinajstić information content (AvgIpc) is 2.73. The van der Waals surface area contributed by atoms with Gasteiger partial charge in [0.15, 0.2) is 5.78 Å². The molecule has 1 aliphatic heterocycles. The van der Waals surface area contributed by atoms with Gasteiger partial charge in [-0.1, -0.05) is 6.07 Å². The number of hydrogen-bond acceptors (Lipinski definition) is 3. The number of benzene rings is 2. The van der Waals surface area contributed by atoms with Crippen LogP contribution in [0.5, 0.6) is 5.75 Å². The van der Waals surface area contributed by atoms with Crippen LogP contribution in [-0.2, 0) is 6.42 Å². The standard InChI is InChI=1S/C18H19NO2/c1-11-4-6-14(19)9-15(11)17(20)12-5-7-16-13(8-12)10-18(2,3)21-16/h4-9H,10,19H2,1-3H3. The molecule has 1 heterocycles. The molecule has 3 heteroatoms. The van der Waals surface area contributed by atoms with Gasteiger partial charge in [0.05, 0.1) is 0 Å². The normalized spacial score (nSPS) is 15.4. The summed E-state index contributed by atoms with van der Waals surface area (Å²) in [4.78, 5) is 12.7. The Labute approximate surface area is 124 Å². The Kier molecular flexibility index (Phi) is 3.01. The molecule has 0 spiro atoms. The van der Waals surface area contributed by atoms with Crippen molar-refractivity contribution in [2.75, 3.05) is 5.73 Å². The van der Waals surface area contributed by atoms with Gasteiger partial charge in [-0.05, 0) is 62.2 Å². The van der Waals surface area contributed by atoms with Gasteiger partial charge in [0.1, 0.15) is 11.4 Å². The molecule has 0 fully saturated rings. The molecule has 0 radical (unpaired) electrons. The second-order valence-corrected chi connectivity index (χ2v) is 6.26. The van der Waals surface area contributed by atoms with Crippen LogP contribution in [0.25, 0.3) is 0 Å². The molecule has 0 bridgehead atoms. The molecule has 0 amide bonds. The van der Waals surface area contributed by atoms with Gasteiger partial charge in [0.2, 0.25) is 0 Å². The van der Waals surface area contributed by atoms with Crippen LogP contribution in [0.3, 0.4) is 0 Å². The molecule has 3 nitrogen and oxygen atoms in total. The van der Waals surface area contributed by atoms with E-state index in [-0.39, 0.29) is 11.4 Å². The molecule has 0 atom stereocenters. The second-order valence-electron chi connectivity index (χ2n) is 6.26. The van der Waals surface area contributed by atoms with E-state index in [1.54, 1.807) is 6.07 Å². The SMILES string of the molecule is Cc1ccc(N)cc1C(=O)c1ccc2c(c1)CC(C)(C)O2. The van der Waals surface area contributed by atoms with E-state index >= 15 is 0 Å². The van der Waals surface area contributed by atoms with Crippen molar-refractivity contribution >= 4 is 11.5 Å². The van der Waals surface area contributed by atoms with Crippen LogP contribution in [0, 0.1) is 6.92 Å². The molecule has 0 aromatic heterocycles. The zero-order valence-electron chi connectivity index (χ0n) is 12.6. The number of hydrogen-bond donors (Lipinski definition) is 1. The van der Waals surface area contributed by atoms with E-state index in [0.717, 1.165) is 23.3 Å². The van der Waals surface area contributed by atoms with Crippen LogP contribution < -0.4 is 10.5 Å². The molecule has 2 aromatic rings. The molecular weight excluding hydrogens is 262 g/mol. The molecule has 108 valence electrons. The maximum atomic E-state index is 12.7. The average molecular weight is 281 g/mol. The second kappa shape index (κ2) is 4.62. The van der Waals surface area contributed by atoms with Crippen molar-refractivity contribution in [1.82, 2.24) is 0 Å². The van der Waals surface area contributed by atoms with Gasteiger partial charge >= 0.3 is 0 Å². The van der Waals surface area contributed by atoms with Crippen molar-refractivity contribution in [3.05, 3.63) is 58.7 Å². The van der Waals surface area contributed by atoms with Crippen LogP contribution in [0.1, 0.15) is 40.9 Å². The highest BCUT2D eigenvalue weighted by atomic mass is 16.5. The first-order chi connectivity index (χ1) is 9.85. The number of ketones is 1. The number of nitrogens with two attached hydrogens (primary N) is 1. The maximum absolute atomic E-state index is 12.7. The van der Waals surface area contributed by atoms with E-state index in [1.165, 1.54) is 0 Å². The van der Waals surface area contributed by atoms with E-state index in [2.05, 4.69) is 13.8 Å². The van der Waals surface area contributed by atoms with Crippen molar-refractivity contribution < 1.29 is 9.53 Å². The molecule has 0 saturated heterocycles. The highest BCUT2D eigenvalue weighted by Gasteiger charge is 2.30. The molecule has 3 rings (SSSR count). The van der Waals surface area contributed by atoms with Crippen molar-refractivity contribution in [2.24, 2.45) is 0 Å². The summed E-state index contributed by atoms with van der Waals surface area (Å²) in [5.74, 6) is 0.883. The van der Waals surface area contributed by atoms with Crippen LogP contribution in [0.15, 0.2) is 36.4 Å². The van der Waals surface area contributed by atoms with E-state index < -0.39 is 0 Å². The largest absolute Gasteiger partial charge is 0.487 e. The summed E-state index contributed by atoms with van der Waals surface area (Å²) in [6.45, 7) is 6.03. The van der Waals surface area contributed by atoms with Gasteiger partial charge in [0.25, 0.3) is 0 Å². The Morgan fingerprint density at radius 2 is 1.95 bits per heavy atom. The Bertz CT molecular complexity index is 732. The van der Waals surface area contributed by atoms with Crippen molar-refractivity contribution in [3.63, 3.8) is 0 Å². The van der Waals surface area contributed by atoms with Crippen LogP contribution in [0.2, 0.25) is 0 Å². The first-order valence-electron chi connectivity index (χ1n) is 7.08. The lowest BCUT2D eigenvalue weighted by Crippen LogP contribution is -2.24. The van der Waals surface area contributed by atoms with Gasteiger partial charge < -0.3 is 10.5 Å². The minimum Gasteiger partial charge on any atom is -0.487 e. The third kappa shape index (κ3) is 2.51. The number of anilines is 1. The third-order valence-electron chi connectivity index (χ3n) is 3.83. The predicted molar refractivity (Wildman–Crippen MR) is 83.9 cm³/mol. The minimum absolute atomic E-state index is 0.00676. The van der Waals surface area contributed by atoms with E-state index in [4.69, 9.17) is 10.5 Å². The lowest BCUT2D eigenvalue weighted by Gasteiger charge is -2.16. The lowest BCUT2D eigenvalue weighted by molar-refractivity contribution is 0.103. The van der Waals surface area contributed by atoms with Crippen molar-refractivity contribution in [1.29, 1.82) is 0 Å². The van der Waals surface area contributed by atoms with E-state index in [1.807, 2.05) is 37.3 Å². The Morgan fingerprint density at radius 1 is 1.19 bits per heavy atom. The molecule has 0 saturated carbocycles. The van der Waals surface area contributed by atoms with Gasteiger partial charge in [0, 0.05) is 23.2 Å². The Morgan fingerprint density at radius 3 is 2.71 bits per heavy atom. The zero-order chi connectivity index (χ0) is 15.2. The smallest absolute Gasteiger partial charge is 0.193 e. The third-order valence-corrected chi connectivity index (χ3v) is 3.83. The Hall–Kier alpha value is -2.29. The highest BCUT2D eigenvalue weighted by Crippen LogP contribution is 2.35. The molecule has 2 aromatic carbocycles.